The van der Waals surface area contributed by atoms with Gasteiger partial charge in [-0.25, -0.2) is 4.79 Å². The van der Waals surface area contributed by atoms with Gasteiger partial charge in [-0.1, -0.05) is 5.16 Å². The number of ether oxygens (including phenoxy) is 2. The van der Waals surface area contributed by atoms with Gasteiger partial charge < -0.3 is 14.0 Å². The zero-order valence-electron chi connectivity index (χ0n) is 11.0. The molecule has 0 bridgehead atoms. The zero-order chi connectivity index (χ0) is 15.6. The molecular formula is C13H10F3NO4. The van der Waals surface area contributed by atoms with Crippen LogP contribution in [0.2, 0.25) is 0 Å². The van der Waals surface area contributed by atoms with Crippen LogP contribution in [-0.2, 0) is 10.9 Å². The molecule has 21 heavy (non-hydrogen) atoms. The Balaban J connectivity index is 2.57. The summed E-state index contributed by atoms with van der Waals surface area (Å²) in [6, 6.07) is 5.98. The first-order chi connectivity index (χ1) is 9.88. The second-order valence-corrected chi connectivity index (χ2v) is 3.95. The molecule has 0 atom stereocenters. The molecule has 1 aromatic heterocycles. The number of hydrogen-bond donors (Lipinski definition) is 0. The van der Waals surface area contributed by atoms with E-state index in [0.717, 1.165) is 7.11 Å². The highest BCUT2D eigenvalue weighted by Gasteiger charge is 2.43. The largest absolute Gasteiger partial charge is 0.497 e. The Bertz CT molecular complexity index is 646. The number of carbonyl (C=O) groups is 1. The highest BCUT2D eigenvalue weighted by molar-refractivity contribution is 5.97. The van der Waals surface area contributed by atoms with Crippen molar-refractivity contribution in [3.63, 3.8) is 0 Å². The number of alkyl halides is 3. The third-order valence-electron chi connectivity index (χ3n) is 2.70. The molecule has 1 heterocycles. The van der Waals surface area contributed by atoms with Crippen molar-refractivity contribution in [3.05, 3.63) is 35.6 Å². The zero-order valence-corrected chi connectivity index (χ0v) is 11.0. The van der Waals surface area contributed by atoms with Gasteiger partial charge in [-0.05, 0) is 24.3 Å². The van der Waals surface area contributed by atoms with E-state index in [4.69, 9.17) is 4.74 Å². The number of carbonyl (C=O) groups excluding carboxylic acids is 1. The summed E-state index contributed by atoms with van der Waals surface area (Å²) in [7, 11) is 2.43. The third-order valence-corrected chi connectivity index (χ3v) is 2.70. The maximum absolute atomic E-state index is 12.8. The van der Waals surface area contributed by atoms with Gasteiger partial charge in [0, 0.05) is 5.56 Å². The molecule has 2 aromatic rings. The quantitative estimate of drug-likeness (QED) is 0.815. The molecule has 0 unspecified atom stereocenters. The van der Waals surface area contributed by atoms with E-state index in [0.29, 0.717) is 5.75 Å². The fourth-order valence-electron chi connectivity index (χ4n) is 1.72. The Labute approximate surface area is 117 Å². The number of esters is 1. The first-order valence-electron chi connectivity index (χ1n) is 5.68. The van der Waals surface area contributed by atoms with Crippen LogP contribution in [0.25, 0.3) is 11.3 Å². The van der Waals surface area contributed by atoms with E-state index in [9.17, 15) is 18.0 Å². The fraction of sp³-hybridized carbons (Fsp3) is 0.231. The summed E-state index contributed by atoms with van der Waals surface area (Å²) in [6.45, 7) is 0. The highest BCUT2D eigenvalue weighted by atomic mass is 19.4. The van der Waals surface area contributed by atoms with Crippen LogP contribution in [0.4, 0.5) is 13.2 Å². The van der Waals surface area contributed by atoms with E-state index in [1.165, 1.54) is 31.4 Å². The number of benzene rings is 1. The lowest BCUT2D eigenvalue weighted by atomic mass is 10.1. The Morgan fingerprint density at radius 1 is 1.19 bits per heavy atom. The van der Waals surface area contributed by atoms with Crippen molar-refractivity contribution in [2.24, 2.45) is 0 Å². The molecule has 0 saturated heterocycles. The molecule has 2 rings (SSSR count). The molecule has 1 aromatic carbocycles. The van der Waals surface area contributed by atoms with Crippen molar-refractivity contribution in [1.82, 2.24) is 5.16 Å². The van der Waals surface area contributed by atoms with E-state index in [2.05, 4.69) is 14.4 Å². The van der Waals surface area contributed by atoms with E-state index in [1.807, 2.05) is 0 Å². The molecule has 0 aliphatic heterocycles. The maximum atomic E-state index is 12.8. The van der Waals surface area contributed by atoms with Gasteiger partial charge >= 0.3 is 12.1 Å². The minimum atomic E-state index is -4.85. The predicted octanol–water partition coefficient (Wildman–Crippen LogP) is 3.16. The molecule has 112 valence electrons. The summed E-state index contributed by atoms with van der Waals surface area (Å²) < 4.78 is 52.1. The van der Waals surface area contributed by atoms with E-state index >= 15 is 0 Å². The van der Waals surface area contributed by atoms with Crippen LogP contribution < -0.4 is 4.74 Å². The molecule has 5 nitrogen and oxygen atoms in total. The summed E-state index contributed by atoms with van der Waals surface area (Å²) >= 11 is 0. The van der Waals surface area contributed by atoms with Crippen molar-refractivity contribution in [3.8, 4) is 17.0 Å². The first-order valence-corrected chi connectivity index (χ1v) is 5.68. The summed E-state index contributed by atoms with van der Waals surface area (Å²) in [5.74, 6) is -2.15. The minimum Gasteiger partial charge on any atom is -0.497 e. The molecule has 0 N–H and O–H groups in total. The molecule has 8 heteroatoms. The number of hydrogen-bond acceptors (Lipinski definition) is 5. The molecule has 0 aliphatic carbocycles. The van der Waals surface area contributed by atoms with Crippen molar-refractivity contribution in [2.75, 3.05) is 14.2 Å². The normalized spacial score (nSPS) is 11.3. The molecule has 0 amide bonds. The maximum Gasteiger partial charge on any atom is 0.453 e. The van der Waals surface area contributed by atoms with Crippen LogP contribution >= 0.6 is 0 Å². The van der Waals surface area contributed by atoms with Gasteiger partial charge in [0.15, 0.2) is 0 Å². The van der Waals surface area contributed by atoms with Crippen molar-refractivity contribution < 1.29 is 32.0 Å². The molecule has 0 fully saturated rings. The Morgan fingerprint density at radius 2 is 1.81 bits per heavy atom. The SMILES string of the molecule is COC(=O)c1c(-c2ccc(OC)cc2)noc1C(F)(F)F. The van der Waals surface area contributed by atoms with Gasteiger partial charge in [-0.15, -0.1) is 0 Å². The van der Waals surface area contributed by atoms with E-state index in [-0.39, 0.29) is 11.3 Å². The lowest BCUT2D eigenvalue weighted by molar-refractivity contribution is -0.156. The Kier molecular flexibility index (Phi) is 3.88. The summed E-state index contributed by atoms with van der Waals surface area (Å²) in [5.41, 5.74) is -0.720. The van der Waals surface area contributed by atoms with Crippen molar-refractivity contribution >= 4 is 5.97 Å². The minimum absolute atomic E-state index is 0.239. The molecular weight excluding hydrogens is 291 g/mol. The Morgan fingerprint density at radius 3 is 2.29 bits per heavy atom. The van der Waals surface area contributed by atoms with Crippen LogP contribution in [0, 0.1) is 0 Å². The topological polar surface area (TPSA) is 61.6 Å². The van der Waals surface area contributed by atoms with Crippen molar-refractivity contribution in [2.45, 2.75) is 6.18 Å². The van der Waals surface area contributed by atoms with Gasteiger partial charge in [-0.3, -0.25) is 0 Å². The molecule has 0 saturated carbocycles. The molecule has 0 aliphatic rings. The second-order valence-electron chi connectivity index (χ2n) is 3.95. The predicted molar refractivity (Wildman–Crippen MR) is 64.8 cm³/mol. The average Bonchev–Trinajstić information content (AvgIpc) is 2.91. The van der Waals surface area contributed by atoms with Crippen LogP contribution in [-0.4, -0.2) is 25.3 Å². The van der Waals surface area contributed by atoms with Gasteiger partial charge in [0.05, 0.1) is 14.2 Å². The summed E-state index contributed by atoms with van der Waals surface area (Å²) in [5, 5.41) is 3.34. The summed E-state index contributed by atoms with van der Waals surface area (Å²) in [6.07, 6.45) is -4.85. The number of methoxy groups -OCH3 is 2. The van der Waals surface area contributed by atoms with Crippen LogP contribution in [0.3, 0.4) is 0 Å². The first kappa shape index (κ1) is 14.9. The van der Waals surface area contributed by atoms with Gasteiger partial charge in [0.25, 0.3) is 5.76 Å². The van der Waals surface area contributed by atoms with Crippen LogP contribution in [0.5, 0.6) is 5.75 Å². The second kappa shape index (κ2) is 5.47. The number of rotatable bonds is 3. The van der Waals surface area contributed by atoms with Gasteiger partial charge in [-0.2, -0.15) is 13.2 Å². The number of nitrogens with zero attached hydrogens (tertiary/aromatic N) is 1. The van der Waals surface area contributed by atoms with Gasteiger partial charge in [0.2, 0.25) is 0 Å². The lowest BCUT2D eigenvalue weighted by Gasteiger charge is -2.05. The highest BCUT2D eigenvalue weighted by Crippen LogP contribution is 2.37. The van der Waals surface area contributed by atoms with Gasteiger partial charge in [0.1, 0.15) is 17.0 Å². The smallest absolute Gasteiger partial charge is 0.453 e. The number of aromatic nitrogens is 1. The van der Waals surface area contributed by atoms with Crippen LogP contribution in [0.1, 0.15) is 16.1 Å². The van der Waals surface area contributed by atoms with E-state index < -0.39 is 23.5 Å². The third kappa shape index (κ3) is 2.83. The standard InChI is InChI=1S/C13H10F3NO4/c1-19-8-5-3-7(4-6-8)10-9(12(18)20-2)11(21-17-10)13(14,15)16/h3-6H,1-2H3. The lowest BCUT2D eigenvalue weighted by Crippen LogP contribution is -2.12. The number of halogens is 3. The van der Waals surface area contributed by atoms with E-state index in [1.54, 1.807) is 0 Å². The molecule has 0 spiro atoms. The van der Waals surface area contributed by atoms with Crippen LogP contribution in [0.15, 0.2) is 28.8 Å². The van der Waals surface area contributed by atoms with Crippen molar-refractivity contribution in [1.29, 1.82) is 0 Å². The monoisotopic (exact) mass is 301 g/mol. The average molecular weight is 301 g/mol. The summed E-state index contributed by atoms with van der Waals surface area (Å²) in [4.78, 5) is 11.6. The Hall–Kier alpha value is -2.51. The molecule has 0 radical (unpaired) electrons. The fourth-order valence-corrected chi connectivity index (χ4v) is 1.72.